The molecular weight excluding hydrogens is 481 g/mol. The van der Waals surface area contributed by atoms with Crippen LogP contribution in [0.2, 0.25) is 0 Å². The molecule has 4 N–H and O–H groups in total. The van der Waals surface area contributed by atoms with Crippen LogP contribution < -0.4 is 15.4 Å². The lowest BCUT2D eigenvalue weighted by Crippen LogP contribution is -2.47. The van der Waals surface area contributed by atoms with Gasteiger partial charge in [-0.2, -0.15) is 0 Å². The Balaban J connectivity index is 1.45. The lowest BCUT2D eigenvalue weighted by molar-refractivity contribution is -0.0430. The number of pyridine rings is 1. The number of nitrogens with one attached hydrogen (secondary N) is 2. The van der Waals surface area contributed by atoms with Crippen LogP contribution in [0, 0.1) is 5.82 Å². The van der Waals surface area contributed by atoms with Gasteiger partial charge >= 0.3 is 0 Å². The molecule has 1 aromatic carbocycles. The molecule has 0 bridgehead atoms. The number of ether oxygens (including phenoxy) is 3. The van der Waals surface area contributed by atoms with Gasteiger partial charge in [0.2, 0.25) is 0 Å². The van der Waals surface area contributed by atoms with Crippen LogP contribution in [0.25, 0.3) is 0 Å². The van der Waals surface area contributed by atoms with E-state index in [4.69, 9.17) is 14.2 Å². The molecule has 2 aliphatic rings. The van der Waals surface area contributed by atoms with Gasteiger partial charge in [-0.05, 0) is 51.0 Å². The van der Waals surface area contributed by atoms with Crippen molar-refractivity contribution in [3.05, 3.63) is 58.2 Å². The fourth-order valence-electron chi connectivity index (χ4n) is 4.43. The van der Waals surface area contributed by atoms with E-state index < -0.39 is 24.1 Å². The van der Waals surface area contributed by atoms with Crippen molar-refractivity contribution >= 4 is 5.91 Å². The van der Waals surface area contributed by atoms with Gasteiger partial charge in [0.1, 0.15) is 17.8 Å². The summed E-state index contributed by atoms with van der Waals surface area (Å²) in [6, 6.07) is 5.94. The first-order chi connectivity index (χ1) is 17.6. The van der Waals surface area contributed by atoms with Crippen molar-refractivity contribution < 1.29 is 33.6 Å². The van der Waals surface area contributed by atoms with E-state index in [-0.39, 0.29) is 30.4 Å². The number of aliphatic hydroxyl groups is 2. The maximum atomic E-state index is 14.9. The molecule has 10 heteroatoms. The average Bonchev–Trinajstić information content (AvgIpc) is 3.32. The average molecular weight is 518 g/mol. The van der Waals surface area contributed by atoms with Crippen molar-refractivity contribution in [1.82, 2.24) is 15.6 Å². The Kier molecular flexibility index (Phi) is 8.76. The molecule has 37 heavy (non-hydrogen) atoms. The maximum absolute atomic E-state index is 14.9. The fraction of sp³-hybridized carbons (Fsp3) is 0.556. The zero-order valence-corrected chi connectivity index (χ0v) is 21.6. The number of carbonyl (C=O) groups excluding carboxylic acids is 1. The molecule has 3 heterocycles. The first kappa shape index (κ1) is 27.4. The SMILES string of the molecule is CC(C)(C)OCCNC(=O)c1ccc(Cc2cc(C(O)N[C@H]3CCOC[C@@H]3O)nc3c2OCC3)cc1F. The summed E-state index contributed by atoms with van der Waals surface area (Å²) < 4.78 is 31.5. The third-order valence-electron chi connectivity index (χ3n) is 6.30. The number of rotatable bonds is 9. The maximum Gasteiger partial charge on any atom is 0.254 e. The molecule has 0 radical (unpaired) electrons. The van der Waals surface area contributed by atoms with E-state index in [2.05, 4.69) is 15.6 Å². The highest BCUT2D eigenvalue weighted by Crippen LogP contribution is 2.32. The molecule has 9 nitrogen and oxygen atoms in total. The minimum Gasteiger partial charge on any atom is -0.491 e. The van der Waals surface area contributed by atoms with Crippen molar-refractivity contribution in [2.45, 2.75) is 64.0 Å². The first-order valence-corrected chi connectivity index (χ1v) is 12.7. The molecule has 1 saturated heterocycles. The summed E-state index contributed by atoms with van der Waals surface area (Å²) >= 11 is 0. The number of aliphatic hydroxyl groups excluding tert-OH is 2. The Morgan fingerprint density at radius 1 is 1.30 bits per heavy atom. The van der Waals surface area contributed by atoms with Crippen molar-refractivity contribution in [2.24, 2.45) is 0 Å². The number of fused-ring (bicyclic) bond motifs is 1. The van der Waals surface area contributed by atoms with Gasteiger partial charge in [0, 0.05) is 37.6 Å². The van der Waals surface area contributed by atoms with Crippen LogP contribution in [0.15, 0.2) is 24.3 Å². The van der Waals surface area contributed by atoms with Gasteiger partial charge in [-0.15, -0.1) is 0 Å². The summed E-state index contributed by atoms with van der Waals surface area (Å²) in [6.07, 6.45) is -0.294. The molecule has 0 saturated carbocycles. The summed E-state index contributed by atoms with van der Waals surface area (Å²) in [5.41, 5.74) is 2.21. The van der Waals surface area contributed by atoms with Crippen LogP contribution in [-0.2, 0) is 22.3 Å². The number of nitrogens with zero attached hydrogens (tertiary/aromatic N) is 1. The van der Waals surface area contributed by atoms with E-state index in [1.54, 1.807) is 12.1 Å². The molecule has 2 aromatic rings. The summed E-state index contributed by atoms with van der Waals surface area (Å²) in [5, 5.41) is 26.7. The van der Waals surface area contributed by atoms with Gasteiger partial charge in [-0.1, -0.05) is 6.07 Å². The molecule has 0 spiro atoms. The largest absolute Gasteiger partial charge is 0.491 e. The molecule has 3 atom stereocenters. The van der Waals surface area contributed by atoms with Gasteiger partial charge in [0.15, 0.2) is 0 Å². The fourth-order valence-corrected chi connectivity index (χ4v) is 4.43. The molecule has 4 rings (SSSR count). The summed E-state index contributed by atoms with van der Waals surface area (Å²) in [5.74, 6) is -0.474. The minimum atomic E-state index is -1.09. The number of hydrogen-bond donors (Lipinski definition) is 4. The molecule has 0 aliphatic carbocycles. The predicted octanol–water partition coefficient (Wildman–Crippen LogP) is 2.02. The second-order valence-corrected chi connectivity index (χ2v) is 10.4. The predicted molar refractivity (Wildman–Crippen MR) is 134 cm³/mol. The summed E-state index contributed by atoms with van der Waals surface area (Å²) in [7, 11) is 0. The van der Waals surface area contributed by atoms with Crippen LogP contribution >= 0.6 is 0 Å². The van der Waals surface area contributed by atoms with Crippen LogP contribution in [0.4, 0.5) is 4.39 Å². The zero-order chi connectivity index (χ0) is 26.6. The standard InChI is InChI=1S/C27H36FN3O6/c1-27(2,3)37-11-8-29-25(33)18-5-4-16(13-19(18)28)12-17-14-22(30-21-7-10-36-24(17)21)26(34)31-20-6-9-35-15-23(20)32/h4-5,13-14,20,23,26,31-32,34H,6-12,15H2,1-3H3,(H,29,33)/t20-,23-,26?/m0/s1. The molecule has 2 aliphatic heterocycles. The van der Waals surface area contributed by atoms with Crippen molar-refractivity contribution in [3.63, 3.8) is 0 Å². The van der Waals surface area contributed by atoms with E-state index in [0.29, 0.717) is 56.1 Å². The number of carbonyl (C=O) groups is 1. The lowest BCUT2D eigenvalue weighted by Gasteiger charge is -2.30. The molecule has 1 unspecified atom stereocenters. The molecule has 1 amide bonds. The second kappa shape index (κ2) is 11.8. The summed E-state index contributed by atoms with van der Waals surface area (Å²) in [4.78, 5) is 17.0. The summed E-state index contributed by atoms with van der Waals surface area (Å²) in [6.45, 7) is 7.58. The highest BCUT2D eigenvalue weighted by molar-refractivity contribution is 5.94. The Morgan fingerprint density at radius 3 is 2.84 bits per heavy atom. The third kappa shape index (κ3) is 7.24. The minimum absolute atomic E-state index is 0.0361. The Labute approximate surface area is 216 Å². The van der Waals surface area contributed by atoms with E-state index in [9.17, 15) is 19.4 Å². The van der Waals surface area contributed by atoms with Crippen LogP contribution in [0.5, 0.6) is 5.75 Å². The smallest absolute Gasteiger partial charge is 0.254 e. The number of hydrogen-bond acceptors (Lipinski definition) is 8. The molecule has 1 aromatic heterocycles. The van der Waals surface area contributed by atoms with Gasteiger partial charge < -0.3 is 29.7 Å². The monoisotopic (exact) mass is 517 g/mol. The van der Waals surface area contributed by atoms with E-state index in [1.807, 2.05) is 20.8 Å². The second-order valence-electron chi connectivity index (χ2n) is 10.4. The Bertz CT molecular complexity index is 1110. The third-order valence-corrected chi connectivity index (χ3v) is 6.30. The van der Waals surface area contributed by atoms with Gasteiger partial charge in [-0.25, -0.2) is 9.37 Å². The van der Waals surface area contributed by atoms with Crippen LogP contribution in [0.3, 0.4) is 0 Å². The van der Waals surface area contributed by atoms with E-state index >= 15 is 0 Å². The van der Waals surface area contributed by atoms with Gasteiger partial charge in [0.05, 0.1) is 48.5 Å². The molecular formula is C27H36FN3O6. The van der Waals surface area contributed by atoms with Crippen LogP contribution in [0.1, 0.15) is 66.3 Å². The number of amides is 1. The van der Waals surface area contributed by atoms with Gasteiger partial charge in [-0.3, -0.25) is 10.1 Å². The first-order valence-electron chi connectivity index (χ1n) is 12.7. The van der Waals surface area contributed by atoms with Crippen molar-refractivity contribution in [1.29, 1.82) is 0 Å². The van der Waals surface area contributed by atoms with E-state index in [1.165, 1.54) is 12.1 Å². The zero-order valence-electron chi connectivity index (χ0n) is 21.6. The van der Waals surface area contributed by atoms with Crippen LogP contribution in [-0.4, -0.2) is 71.8 Å². The Hall–Kier alpha value is -2.63. The Morgan fingerprint density at radius 2 is 2.11 bits per heavy atom. The lowest BCUT2D eigenvalue weighted by atomic mass is 10.0. The van der Waals surface area contributed by atoms with Crippen molar-refractivity contribution in [2.75, 3.05) is 33.0 Å². The van der Waals surface area contributed by atoms with Gasteiger partial charge in [0.25, 0.3) is 5.91 Å². The van der Waals surface area contributed by atoms with E-state index in [0.717, 1.165) is 11.3 Å². The highest BCUT2D eigenvalue weighted by atomic mass is 19.1. The molecule has 1 fully saturated rings. The quantitative estimate of drug-likeness (QED) is 0.295. The molecule has 202 valence electrons. The van der Waals surface area contributed by atoms with Crippen molar-refractivity contribution in [3.8, 4) is 5.75 Å². The normalized spacial score (nSPS) is 20.3. The number of halogens is 1. The topological polar surface area (TPSA) is 122 Å². The highest BCUT2D eigenvalue weighted by Gasteiger charge is 2.28. The number of aromatic nitrogens is 1. The number of benzene rings is 1.